The van der Waals surface area contributed by atoms with Crippen LogP contribution < -0.4 is 5.32 Å². The van der Waals surface area contributed by atoms with E-state index in [1.165, 1.54) is 0 Å². The Labute approximate surface area is 130 Å². The van der Waals surface area contributed by atoms with Crippen molar-refractivity contribution in [3.8, 4) is 0 Å². The Morgan fingerprint density at radius 1 is 1.05 bits per heavy atom. The summed E-state index contributed by atoms with van der Waals surface area (Å²) in [5, 5.41) is 2.74. The highest BCUT2D eigenvalue weighted by Crippen LogP contribution is 2.15. The highest BCUT2D eigenvalue weighted by molar-refractivity contribution is 6.00. The first-order valence-corrected chi connectivity index (χ1v) is 7.29. The predicted octanol–water partition coefficient (Wildman–Crippen LogP) is 3.61. The molecule has 114 valence electrons. The summed E-state index contributed by atoms with van der Waals surface area (Å²) in [4.78, 5) is 28.3. The molecule has 1 N–H and O–H groups in total. The second-order valence-corrected chi connectivity index (χ2v) is 5.46. The van der Waals surface area contributed by atoms with Crippen LogP contribution in [-0.2, 0) is 4.79 Å². The van der Waals surface area contributed by atoms with Gasteiger partial charge in [0.15, 0.2) is 5.78 Å². The molecule has 1 amide bonds. The van der Waals surface area contributed by atoms with Crippen molar-refractivity contribution in [3.63, 3.8) is 0 Å². The van der Waals surface area contributed by atoms with Gasteiger partial charge in [-0.25, -0.2) is 4.98 Å². The Morgan fingerprint density at radius 2 is 1.82 bits per heavy atom. The Balaban J connectivity index is 1.95. The number of amides is 1. The normalized spacial score (nSPS) is 10.3. The van der Waals surface area contributed by atoms with Gasteiger partial charge in [0.25, 0.3) is 0 Å². The zero-order valence-corrected chi connectivity index (χ0v) is 13.1. The van der Waals surface area contributed by atoms with Crippen LogP contribution in [0.1, 0.15) is 39.9 Å². The minimum atomic E-state index is -0.194. The zero-order chi connectivity index (χ0) is 16.1. The van der Waals surface area contributed by atoms with Crippen molar-refractivity contribution in [1.82, 2.24) is 4.98 Å². The number of nitrogens with one attached hydrogen (secondary N) is 1. The lowest BCUT2D eigenvalue weighted by Crippen LogP contribution is -2.15. The number of ketones is 1. The number of hydrogen-bond donors (Lipinski definition) is 1. The van der Waals surface area contributed by atoms with Crippen molar-refractivity contribution in [2.45, 2.75) is 33.6 Å². The van der Waals surface area contributed by atoms with Gasteiger partial charge in [0.2, 0.25) is 5.91 Å². The second kappa shape index (κ2) is 6.98. The molecule has 0 fully saturated rings. The smallest absolute Gasteiger partial charge is 0.225 e. The number of rotatable bonds is 5. The number of anilines is 1. The molecule has 1 aromatic carbocycles. The molecular weight excluding hydrogens is 276 g/mol. The third-order valence-electron chi connectivity index (χ3n) is 3.54. The first-order chi connectivity index (χ1) is 10.5. The number of carbonyl (C=O) groups is 2. The Kier molecular flexibility index (Phi) is 5.04. The number of benzene rings is 1. The summed E-state index contributed by atoms with van der Waals surface area (Å²) in [5.41, 5.74) is 3.58. The van der Waals surface area contributed by atoms with Gasteiger partial charge in [-0.15, -0.1) is 0 Å². The fourth-order valence-electron chi connectivity index (χ4n) is 2.21. The van der Waals surface area contributed by atoms with Gasteiger partial charge in [-0.05, 0) is 44.0 Å². The van der Waals surface area contributed by atoms with Crippen LogP contribution in [-0.4, -0.2) is 16.7 Å². The largest absolute Gasteiger partial charge is 0.310 e. The van der Waals surface area contributed by atoms with E-state index in [1.54, 1.807) is 6.20 Å². The van der Waals surface area contributed by atoms with Gasteiger partial charge in [0.1, 0.15) is 5.82 Å². The van der Waals surface area contributed by atoms with Crippen LogP contribution in [0.3, 0.4) is 0 Å². The van der Waals surface area contributed by atoms with Crippen LogP contribution in [0, 0.1) is 20.8 Å². The van der Waals surface area contributed by atoms with E-state index in [9.17, 15) is 9.59 Å². The van der Waals surface area contributed by atoms with Crippen molar-refractivity contribution in [2.24, 2.45) is 0 Å². The Bertz CT molecular complexity index is 708. The number of aryl methyl sites for hydroxylation is 3. The monoisotopic (exact) mass is 296 g/mol. The molecule has 22 heavy (non-hydrogen) atoms. The molecular formula is C18H20N2O2. The minimum absolute atomic E-state index is 0.00547. The zero-order valence-electron chi connectivity index (χ0n) is 13.1. The van der Waals surface area contributed by atoms with E-state index >= 15 is 0 Å². The van der Waals surface area contributed by atoms with E-state index in [0.717, 1.165) is 16.7 Å². The van der Waals surface area contributed by atoms with Gasteiger partial charge < -0.3 is 5.32 Å². The predicted molar refractivity (Wildman–Crippen MR) is 87.1 cm³/mol. The number of carbonyl (C=O) groups excluding carboxylic acids is 2. The summed E-state index contributed by atoms with van der Waals surface area (Å²) in [6, 6.07) is 9.47. The van der Waals surface area contributed by atoms with E-state index in [-0.39, 0.29) is 24.5 Å². The first-order valence-electron chi connectivity index (χ1n) is 7.29. The molecule has 4 nitrogen and oxygen atoms in total. The van der Waals surface area contributed by atoms with Crippen LogP contribution in [0.5, 0.6) is 0 Å². The lowest BCUT2D eigenvalue weighted by atomic mass is 9.99. The van der Waals surface area contributed by atoms with E-state index < -0.39 is 0 Å². The molecule has 2 rings (SSSR count). The molecule has 0 bridgehead atoms. The molecule has 0 aliphatic rings. The maximum absolute atomic E-state index is 12.2. The molecule has 0 radical (unpaired) electrons. The van der Waals surface area contributed by atoms with Crippen molar-refractivity contribution >= 4 is 17.5 Å². The Hall–Kier alpha value is -2.49. The molecule has 0 spiro atoms. The number of nitrogens with zero attached hydrogens (tertiary/aromatic N) is 1. The molecule has 0 saturated carbocycles. The van der Waals surface area contributed by atoms with Crippen molar-refractivity contribution in [3.05, 3.63) is 58.8 Å². The summed E-state index contributed by atoms with van der Waals surface area (Å²) in [7, 11) is 0. The van der Waals surface area contributed by atoms with Gasteiger partial charge in [-0.3, -0.25) is 9.59 Å². The molecule has 0 aliphatic carbocycles. The highest BCUT2D eigenvalue weighted by Gasteiger charge is 2.12. The van der Waals surface area contributed by atoms with Crippen LogP contribution in [0.2, 0.25) is 0 Å². The highest BCUT2D eigenvalue weighted by atomic mass is 16.2. The van der Waals surface area contributed by atoms with Gasteiger partial charge in [0.05, 0.1) is 0 Å². The van der Waals surface area contributed by atoms with Crippen LogP contribution >= 0.6 is 0 Å². The summed E-state index contributed by atoms with van der Waals surface area (Å²) in [5.74, 6) is 0.348. The summed E-state index contributed by atoms with van der Waals surface area (Å²) >= 11 is 0. The molecule has 0 saturated heterocycles. The summed E-state index contributed by atoms with van der Waals surface area (Å²) in [6.07, 6.45) is 1.98. The van der Waals surface area contributed by atoms with Crippen LogP contribution in [0.15, 0.2) is 36.5 Å². The van der Waals surface area contributed by atoms with E-state index in [1.807, 2.05) is 51.1 Å². The lowest BCUT2D eigenvalue weighted by Gasteiger charge is -2.08. The van der Waals surface area contributed by atoms with E-state index in [0.29, 0.717) is 11.4 Å². The van der Waals surface area contributed by atoms with Gasteiger partial charge >= 0.3 is 0 Å². The topological polar surface area (TPSA) is 59.1 Å². The van der Waals surface area contributed by atoms with Crippen molar-refractivity contribution < 1.29 is 9.59 Å². The molecule has 0 unspecified atom stereocenters. The quantitative estimate of drug-likeness (QED) is 0.857. The second-order valence-electron chi connectivity index (χ2n) is 5.46. The fourth-order valence-corrected chi connectivity index (χ4v) is 2.21. The van der Waals surface area contributed by atoms with Gasteiger partial charge in [-0.2, -0.15) is 0 Å². The average molecular weight is 296 g/mol. The molecule has 0 atom stereocenters. The van der Waals surface area contributed by atoms with Crippen LogP contribution in [0.4, 0.5) is 5.82 Å². The standard InChI is InChI=1S/C18H20N2O2/c1-12-6-7-13(2)15(11-12)16(21)8-9-17(22)20-18-14(3)5-4-10-19-18/h4-7,10-11H,8-9H2,1-3H3,(H,19,20,22). The third-order valence-corrected chi connectivity index (χ3v) is 3.54. The third kappa shape index (κ3) is 4.01. The van der Waals surface area contributed by atoms with Gasteiger partial charge in [0, 0.05) is 24.6 Å². The molecule has 0 aliphatic heterocycles. The maximum atomic E-state index is 12.2. The molecule has 1 heterocycles. The summed E-state index contributed by atoms with van der Waals surface area (Å²) in [6.45, 7) is 5.74. The lowest BCUT2D eigenvalue weighted by molar-refractivity contribution is -0.116. The number of hydrogen-bond acceptors (Lipinski definition) is 3. The van der Waals surface area contributed by atoms with E-state index in [2.05, 4.69) is 10.3 Å². The maximum Gasteiger partial charge on any atom is 0.225 e. The fraction of sp³-hybridized carbons (Fsp3) is 0.278. The van der Waals surface area contributed by atoms with Gasteiger partial charge in [-0.1, -0.05) is 23.8 Å². The SMILES string of the molecule is Cc1ccc(C)c(C(=O)CCC(=O)Nc2ncccc2C)c1. The van der Waals surface area contributed by atoms with E-state index in [4.69, 9.17) is 0 Å². The minimum Gasteiger partial charge on any atom is -0.310 e. The van der Waals surface area contributed by atoms with Crippen LogP contribution in [0.25, 0.3) is 0 Å². The number of aromatic nitrogens is 1. The first kappa shape index (κ1) is 15.9. The molecule has 1 aromatic heterocycles. The number of pyridine rings is 1. The summed E-state index contributed by atoms with van der Waals surface area (Å²) < 4.78 is 0. The average Bonchev–Trinajstić information content (AvgIpc) is 2.49. The number of Topliss-reactive ketones (excluding diaryl/α,β-unsaturated/α-hetero) is 1. The van der Waals surface area contributed by atoms with Crippen molar-refractivity contribution in [2.75, 3.05) is 5.32 Å². The Morgan fingerprint density at radius 3 is 2.55 bits per heavy atom. The molecule has 4 heteroatoms. The van der Waals surface area contributed by atoms with Crippen molar-refractivity contribution in [1.29, 1.82) is 0 Å². The molecule has 2 aromatic rings.